The molecule has 0 spiro atoms. The second kappa shape index (κ2) is 6.67. The van der Waals surface area contributed by atoms with E-state index in [-0.39, 0.29) is 11.3 Å². The van der Waals surface area contributed by atoms with Crippen LogP contribution in [-0.2, 0) is 9.59 Å². The number of hydrogen-bond acceptors (Lipinski definition) is 4. The minimum Gasteiger partial charge on any atom is -0.507 e. The fraction of sp³-hybridized carbons (Fsp3) is 0.238. The molecule has 0 aliphatic carbocycles. The molecule has 1 N–H and O–H groups in total. The van der Waals surface area contributed by atoms with Crippen molar-refractivity contribution in [2.45, 2.75) is 13.0 Å². The summed E-state index contributed by atoms with van der Waals surface area (Å²) in [5.74, 6) is -1.41. The van der Waals surface area contributed by atoms with Gasteiger partial charge >= 0.3 is 0 Å². The first-order chi connectivity index (χ1) is 12.3. The van der Waals surface area contributed by atoms with Gasteiger partial charge in [0.2, 0.25) is 0 Å². The summed E-state index contributed by atoms with van der Waals surface area (Å²) in [7, 11) is 5.47. The van der Waals surface area contributed by atoms with E-state index in [9.17, 15) is 14.7 Å². The lowest BCUT2D eigenvalue weighted by Crippen LogP contribution is -2.24. The number of aryl methyl sites for hydroxylation is 1. The lowest BCUT2D eigenvalue weighted by molar-refractivity contribution is -0.139. The van der Waals surface area contributed by atoms with Crippen molar-refractivity contribution < 1.29 is 14.7 Å². The van der Waals surface area contributed by atoms with Crippen molar-refractivity contribution in [3.8, 4) is 0 Å². The van der Waals surface area contributed by atoms with Gasteiger partial charge < -0.3 is 14.9 Å². The first-order valence-corrected chi connectivity index (χ1v) is 8.40. The zero-order valence-electron chi connectivity index (χ0n) is 15.4. The lowest BCUT2D eigenvalue weighted by Gasteiger charge is -2.22. The zero-order valence-corrected chi connectivity index (χ0v) is 15.4. The number of benzene rings is 2. The van der Waals surface area contributed by atoms with Gasteiger partial charge in [-0.1, -0.05) is 42.0 Å². The van der Waals surface area contributed by atoms with Gasteiger partial charge in [0.1, 0.15) is 5.76 Å². The number of Topliss-reactive ketones (excluding diaryl/α,β-unsaturated/α-hetero) is 1. The van der Waals surface area contributed by atoms with Gasteiger partial charge in [0, 0.05) is 32.4 Å². The van der Waals surface area contributed by atoms with E-state index < -0.39 is 17.7 Å². The van der Waals surface area contributed by atoms with Crippen LogP contribution < -0.4 is 4.90 Å². The Labute approximate surface area is 153 Å². The van der Waals surface area contributed by atoms with Crippen LogP contribution in [0.2, 0.25) is 0 Å². The Balaban J connectivity index is 2.11. The van der Waals surface area contributed by atoms with Crippen molar-refractivity contribution in [2.75, 3.05) is 26.0 Å². The van der Waals surface area contributed by atoms with Gasteiger partial charge in [0.15, 0.2) is 0 Å². The molecule has 2 aromatic rings. The monoisotopic (exact) mass is 350 g/mol. The molecule has 5 nitrogen and oxygen atoms in total. The van der Waals surface area contributed by atoms with E-state index in [2.05, 4.69) is 0 Å². The molecule has 3 rings (SSSR count). The number of carbonyl (C=O) groups is 2. The van der Waals surface area contributed by atoms with Crippen molar-refractivity contribution in [3.63, 3.8) is 0 Å². The highest BCUT2D eigenvalue weighted by atomic mass is 16.3. The van der Waals surface area contributed by atoms with E-state index in [0.29, 0.717) is 5.56 Å². The first-order valence-electron chi connectivity index (χ1n) is 8.40. The highest BCUT2D eigenvalue weighted by Crippen LogP contribution is 2.38. The molecule has 0 radical (unpaired) electrons. The number of likely N-dealkylation sites (N-methyl/N-ethyl adjacent to an activating group) is 1. The van der Waals surface area contributed by atoms with Crippen LogP contribution >= 0.6 is 0 Å². The number of amides is 1. The standard InChI is InChI=1S/C21H22N2O3/c1-13-5-7-15(8-6-13)19(24)17-18(23(4)21(26)20(17)25)14-9-11-16(12-10-14)22(2)3/h5-12,18,24H,1-4H3/t18-/m0/s1. The van der Waals surface area contributed by atoms with Gasteiger partial charge in [-0.15, -0.1) is 0 Å². The van der Waals surface area contributed by atoms with Crippen LogP contribution in [0.5, 0.6) is 0 Å². The van der Waals surface area contributed by atoms with Crippen LogP contribution in [0.3, 0.4) is 0 Å². The van der Waals surface area contributed by atoms with Gasteiger partial charge in [0.25, 0.3) is 11.7 Å². The molecular formula is C21H22N2O3. The second-order valence-corrected chi connectivity index (χ2v) is 6.76. The Morgan fingerprint density at radius 2 is 1.58 bits per heavy atom. The minimum atomic E-state index is -0.660. The van der Waals surface area contributed by atoms with Gasteiger partial charge in [0.05, 0.1) is 11.6 Å². The zero-order chi connectivity index (χ0) is 19.0. The summed E-state index contributed by atoms with van der Waals surface area (Å²) in [4.78, 5) is 28.2. The van der Waals surface area contributed by atoms with E-state index in [1.165, 1.54) is 4.90 Å². The number of hydrogen-bond donors (Lipinski definition) is 1. The number of ketones is 1. The number of anilines is 1. The number of nitrogens with zero attached hydrogens (tertiary/aromatic N) is 2. The Morgan fingerprint density at radius 3 is 2.12 bits per heavy atom. The summed E-state index contributed by atoms with van der Waals surface area (Å²) < 4.78 is 0. The molecule has 1 heterocycles. The van der Waals surface area contributed by atoms with Crippen LogP contribution in [-0.4, -0.2) is 42.8 Å². The Bertz CT molecular complexity index is 880. The number of carbonyl (C=O) groups excluding carboxylic acids is 2. The van der Waals surface area contributed by atoms with Crippen molar-refractivity contribution in [2.24, 2.45) is 0 Å². The number of aliphatic hydroxyl groups is 1. The number of likely N-dealkylation sites (tertiary alicyclic amines) is 1. The van der Waals surface area contributed by atoms with E-state index >= 15 is 0 Å². The van der Waals surface area contributed by atoms with Crippen molar-refractivity contribution >= 4 is 23.1 Å². The Hall–Kier alpha value is -3.08. The highest BCUT2D eigenvalue weighted by Gasteiger charge is 2.44. The molecule has 1 saturated heterocycles. The molecule has 134 valence electrons. The van der Waals surface area contributed by atoms with Gasteiger partial charge in [-0.25, -0.2) is 0 Å². The predicted molar refractivity (Wildman–Crippen MR) is 102 cm³/mol. The quantitative estimate of drug-likeness (QED) is 0.525. The molecule has 1 aliphatic rings. The Kier molecular flexibility index (Phi) is 4.55. The number of rotatable bonds is 3. The van der Waals surface area contributed by atoms with E-state index in [1.807, 2.05) is 62.3 Å². The average molecular weight is 350 g/mol. The summed E-state index contributed by atoms with van der Waals surface area (Å²) >= 11 is 0. The molecule has 1 amide bonds. The molecule has 26 heavy (non-hydrogen) atoms. The third-order valence-electron chi connectivity index (χ3n) is 4.73. The summed E-state index contributed by atoms with van der Waals surface area (Å²) in [6.07, 6.45) is 0. The highest BCUT2D eigenvalue weighted by molar-refractivity contribution is 6.46. The average Bonchev–Trinajstić information content (AvgIpc) is 2.86. The van der Waals surface area contributed by atoms with E-state index in [4.69, 9.17) is 0 Å². The maximum Gasteiger partial charge on any atom is 0.295 e. The molecule has 1 fully saturated rings. The largest absolute Gasteiger partial charge is 0.507 e. The minimum absolute atomic E-state index is 0.124. The van der Waals surface area contributed by atoms with Crippen LogP contribution in [0.4, 0.5) is 5.69 Å². The molecule has 0 saturated carbocycles. The summed E-state index contributed by atoms with van der Waals surface area (Å²) in [6, 6.07) is 14.2. The molecule has 5 heteroatoms. The molecule has 1 atom stereocenters. The van der Waals surface area contributed by atoms with E-state index in [1.54, 1.807) is 19.2 Å². The van der Waals surface area contributed by atoms with Gasteiger partial charge in [-0.3, -0.25) is 9.59 Å². The fourth-order valence-corrected chi connectivity index (χ4v) is 3.16. The molecule has 1 aliphatic heterocycles. The van der Waals surface area contributed by atoms with Crippen LogP contribution in [0.15, 0.2) is 54.1 Å². The second-order valence-electron chi connectivity index (χ2n) is 6.76. The van der Waals surface area contributed by atoms with E-state index in [0.717, 1.165) is 16.8 Å². The number of aliphatic hydroxyl groups excluding tert-OH is 1. The fourth-order valence-electron chi connectivity index (χ4n) is 3.16. The van der Waals surface area contributed by atoms with Crippen molar-refractivity contribution in [3.05, 3.63) is 70.8 Å². The maximum absolute atomic E-state index is 12.5. The van der Waals surface area contributed by atoms with Crippen molar-refractivity contribution in [1.82, 2.24) is 4.90 Å². The van der Waals surface area contributed by atoms with Crippen LogP contribution in [0, 0.1) is 6.92 Å². The van der Waals surface area contributed by atoms with Gasteiger partial charge in [-0.2, -0.15) is 0 Å². The first kappa shape index (κ1) is 17.7. The molecule has 2 aromatic carbocycles. The summed E-state index contributed by atoms with van der Waals surface area (Å²) in [6.45, 7) is 1.95. The van der Waals surface area contributed by atoms with Crippen molar-refractivity contribution in [1.29, 1.82) is 0 Å². The van der Waals surface area contributed by atoms with Gasteiger partial charge in [-0.05, 0) is 24.6 Å². The Morgan fingerprint density at radius 1 is 1.00 bits per heavy atom. The normalized spacial score (nSPS) is 19.1. The lowest BCUT2D eigenvalue weighted by atomic mass is 9.95. The predicted octanol–water partition coefficient (Wildman–Crippen LogP) is 3.11. The summed E-state index contributed by atoms with van der Waals surface area (Å²) in [5.41, 5.74) is 3.50. The maximum atomic E-state index is 12.5. The molecular weight excluding hydrogens is 328 g/mol. The smallest absolute Gasteiger partial charge is 0.295 e. The van der Waals surface area contributed by atoms with Crippen LogP contribution in [0.1, 0.15) is 22.7 Å². The third kappa shape index (κ3) is 2.96. The molecule has 0 aromatic heterocycles. The SMILES string of the molecule is Cc1ccc(C(O)=C2C(=O)C(=O)N(C)[C@H]2c2ccc(N(C)C)cc2)cc1. The summed E-state index contributed by atoms with van der Waals surface area (Å²) in [5, 5.41) is 10.8. The topological polar surface area (TPSA) is 60.9 Å². The molecule has 0 unspecified atom stereocenters. The third-order valence-corrected chi connectivity index (χ3v) is 4.73. The van der Waals surface area contributed by atoms with Crippen LogP contribution in [0.25, 0.3) is 5.76 Å². The molecule has 0 bridgehead atoms.